The molecule has 4 heteroatoms. The first-order valence-corrected chi connectivity index (χ1v) is 6.13. The second-order valence-corrected chi connectivity index (χ2v) is 5.23. The smallest absolute Gasteiger partial charge is 0.242 e. The maximum absolute atomic E-state index is 12.4. The number of nitrogens with one attached hydrogen (secondary N) is 1. The number of nitrogens with zero attached hydrogens (tertiary/aromatic N) is 1. The standard InChI is InChI=1S/C12H20N2O2/c1-9-10(15)13-7-8-14(9)11(16)12(2)5-3-4-6-12/h9H,3-8H2,1-2H3,(H,13,15). The molecule has 1 atom stereocenters. The van der Waals surface area contributed by atoms with Gasteiger partial charge in [-0.05, 0) is 19.8 Å². The van der Waals surface area contributed by atoms with Crippen LogP contribution in [0.3, 0.4) is 0 Å². The summed E-state index contributed by atoms with van der Waals surface area (Å²) >= 11 is 0. The van der Waals surface area contributed by atoms with Crippen molar-refractivity contribution in [1.82, 2.24) is 10.2 Å². The first kappa shape index (κ1) is 11.4. The molecule has 1 aliphatic carbocycles. The van der Waals surface area contributed by atoms with Crippen LogP contribution in [0.4, 0.5) is 0 Å². The van der Waals surface area contributed by atoms with Crippen molar-refractivity contribution in [2.45, 2.75) is 45.6 Å². The summed E-state index contributed by atoms with van der Waals surface area (Å²) in [5.41, 5.74) is -0.216. The van der Waals surface area contributed by atoms with Crippen molar-refractivity contribution in [3.05, 3.63) is 0 Å². The van der Waals surface area contributed by atoms with Crippen LogP contribution in [0, 0.1) is 5.41 Å². The number of piperazine rings is 1. The summed E-state index contributed by atoms with van der Waals surface area (Å²) in [5, 5.41) is 2.79. The summed E-state index contributed by atoms with van der Waals surface area (Å²) in [7, 11) is 0. The number of hydrogen-bond donors (Lipinski definition) is 1. The van der Waals surface area contributed by atoms with E-state index in [1.165, 1.54) is 0 Å². The highest BCUT2D eigenvalue weighted by Gasteiger charge is 2.42. The molecule has 0 aromatic carbocycles. The number of carbonyl (C=O) groups is 2. The minimum atomic E-state index is -0.307. The van der Waals surface area contributed by atoms with Gasteiger partial charge in [-0.3, -0.25) is 9.59 Å². The SMILES string of the molecule is CC1C(=O)NCCN1C(=O)C1(C)CCCC1. The van der Waals surface area contributed by atoms with Crippen LogP contribution < -0.4 is 5.32 Å². The highest BCUT2D eigenvalue weighted by Crippen LogP contribution is 2.39. The van der Waals surface area contributed by atoms with Gasteiger partial charge in [0.25, 0.3) is 0 Å². The molecule has 2 fully saturated rings. The molecule has 0 aromatic heterocycles. The van der Waals surface area contributed by atoms with Crippen molar-refractivity contribution in [3.63, 3.8) is 0 Å². The second-order valence-electron chi connectivity index (χ2n) is 5.23. The highest BCUT2D eigenvalue weighted by atomic mass is 16.2. The van der Waals surface area contributed by atoms with E-state index in [0.717, 1.165) is 25.7 Å². The molecule has 2 amide bonds. The summed E-state index contributed by atoms with van der Waals surface area (Å²) in [6.45, 7) is 5.10. The third-order valence-corrected chi connectivity index (χ3v) is 3.98. The predicted octanol–water partition coefficient (Wildman–Crippen LogP) is 0.914. The molecule has 0 radical (unpaired) electrons. The fourth-order valence-electron chi connectivity index (χ4n) is 2.78. The van der Waals surface area contributed by atoms with Crippen LogP contribution in [0.15, 0.2) is 0 Å². The fraction of sp³-hybridized carbons (Fsp3) is 0.833. The van der Waals surface area contributed by atoms with Crippen LogP contribution in [-0.2, 0) is 9.59 Å². The van der Waals surface area contributed by atoms with Crippen molar-refractivity contribution in [1.29, 1.82) is 0 Å². The number of amides is 2. The lowest BCUT2D eigenvalue weighted by atomic mass is 9.86. The van der Waals surface area contributed by atoms with E-state index < -0.39 is 0 Å². The first-order chi connectivity index (χ1) is 7.54. The molecule has 2 rings (SSSR count). The van der Waals surface area contributed by atoms with Gasteiger partial charge in [0, 0.05) is 18.5 Å². The van der Waals surface area contributed by atoms with Crippen LogP contribution in [0.5, 0.6) is 0 Å². The molecule has 2 aliphatic rings. The Bertz CT molecular complexity index is 308. The van der Waals surface area contributed by atoms with Gasteiger partial charge in [-0.2, -0.15) is 0 Å². The van der Waals surface area contributed by atoms with Gasteiger partial charge in [0.15, 0.2) is 0 Å². The van der Waals surface area contributed by atoms with Crippen LogP contribution >= 0.6 is 0 Å². The lowest BCUT2D eigenvalue weighted by molar-refractivity contribution is -0.149. The van der Waals surface area contributed by atoms with Gasteiger partial charge in [-0.25, -0.2) is 0 Å². The lowest BCUT2D eigenvalue weighted by Crippen LogP contribution is -2.58. The van der Waals surface area contributed by atoms with Gasteiger partial charge in [-0.1, -0.05) is 19.8 Å². The molecule has 1 heterocycles. The van der Waals surface area contributed by atoms with Crippen molar-refractivity contribution in [2.24, 2.45) is 5.41 Å². The minimum Gasteiger partial charge on any atom is -0.353 e. The van der Waals surface area contributed by atoms with Gasteiger partial charge >= 0.3 is 0 Å². The zero-order chi connectivity index (χ0) is 11.8. The van der Waals surface area contributed by atoms with E-state index in [1.807, 2.05) is 13.8 Å². The summed E-state index contributed by atoms with van der Waals surface area (Å²) in [4.78, 5) is 25.7. The molecule has 1 aliphatic heterocycles. The Labute approximate surface area is 96.4 Å². The summed E-state index contributed by atoms with van der Waals surface area (Å²) < 4.78 is 0. The Morgan fingerprint density at radius 2 is 2.06 bits per heavy atom. The van der Waals surface area contributed by atoms with Crippen LogP contribution in [-0.4, -0.2) is 35.8 Å². The number of hydrogen-bond acceptors (Lipinski definition) is 2. The summed E-state index contributed by atoms with van der Waals surface area (Å²) in [6, 6.07) is -0.307. The molecule has 0 aromatic rings. The molecule has 0 spiro atoms. The quantitative estimate of drug-likeness (QED) is 0.720. The van der Waals surface area contributed by atoms with Gasteiger partial charge in [0.2, 0.25) is 11.8 Å². The Kier molecular flexibility index (Phi) is 2.91. The average Bonchev–Trinajstić information content (AvgIpc) is 2.70. The minimum absolute atomic E-state index is 0.0267. The Morgan fingerprint density at radius 1 is 1.44 bits per heavy atom. The first-order valence-electron chi connectivity index (χ1n) is 6.13. The molecule has 0 bridgehead atoms. The zero-order valence-corrected chi connectivity index (χ0v) is 10.1. The van der Waals surface area contributed by atoms with Crippen molar-refractivity contribution < 1.29 is 9.59 Å². The predicted molar refractivity (Wildman–Crippen MR) is 60.8 cm³/mol. The van der Waals surface area contributed by atoms with E-state index in [0.29, 0.717) is 13.1 Å². The fourth-order valence-corrected chi connectivity index (χ4v) is 2.78. The summed E-state index contributed by atoms with van der Waals surface area (Å²) in [5.74, 6) is 0.147. The van der Waals surface area contributed by atoms with Crippen LogP contribution in [0.1, 0.15) is 39.5 Å². The Balaban J connectivity index is 2.11. The van der Waals surface area contributed by atoms with E-state index in [2.05, 4.69) is 5.32 Å². The Hall–Kier alpha value is -1.06. The molecular formula is C12H20N2O2. The lowest BCUT2D eigenvalue weighted by Gasteiger charge is -2.38. The van der Waals surface area contributed by atoms with E-state index in [9.17, 15) is 9.59 Å². The third-order valence-electron chi connectivity index (χ3n) is 3.98. The topological polar surface area (TPSA) is 49.4 Å². The normalized spacial score (nSPS) is 29.0. The molecular weight excluding hydrogens is 204 g/mol. The second kappa shape index (κ2) is 4.07. The number of rotatable bonds is 1. The zero-order valence-electron chi connectivity index (χ0n) is 10.1. The van der Waals surface area contributed by atoms with Crippen LogP contribution in [0.25, 0.3) is 0 Å². The van der Waals surface area contributed by atoms with E-state index in [4.69, 9.17) is 0 Å². The molecule has 4 nitrogen and oxygen atoms in total. The van der Waals surface area contributed by atoms with E-state index in [1.54, 1.807) is 4.90 Å². The highest BCUT2D eigenvalue weighted by molar-refractivity contribution is 5.90. The molecule has 16 heavy (non-hydrogen) atoms. The van der Waals surface area contributed by atoms with Gasteiger partial charge < -0.3 is 10.2 Å². The van der Waals surface area contributed by atoms with Gasteiger partial charge in [0.05, 0.1) is 0 Å². The molecule has 90 valence electrons. The van der Waals surface area contributed by atoms with Crippen molar-refractivity contribution >= 4 is 11.8 Å². The van der Waals surface area contributed by atoms with E-state index >= 15 is 0 Å². The maximum atomic E-state index is 12.4. The largest absolute Gasteiger partial charge is 0.353 e. The summed E-state index contributed by atoms with van der Waals surface area (Å²) in [6.07, 6.45) is 4.21. The molecule has 1 unspecified atom stereocenters. The maximum Gasteiger partial charge on any atom is 0.242 e. The van der Waals surface area contributed by atoms with Gasteiger partial charge in [-0.15, -0.1) is 0 Å². The monoisotopic (exact) mass is 224 g/mol. The number of carbonyl (C=O) groups excluding carboxylic acids is 2. The van der Waals surface area contributed by atoms with Crippen molar-refractivity contribution in [3.8, 4) is 0 Å². The molecule has 1 saturated heterocycles. The molecule has 1 N–H and O–H groups in total. The van der Waals surface area contributed by atoms with Gasteiger partial charge in [0.1, 0.15) is 6.04 Å². The molecule has 1 saturated carbocycles. The third kappa shape index (κ3) is 1.81. The average molecular weight is 224 g/mol. The van der Waals surface area contributed by atoms with Crippen LogP contribution in [0.2, 0.25) is 0 Å². The van der Waals surface area contributed by atoms with Crippen molar-refractivity contribution in [2.75, 3.05) is 13.1 Å². The van der Waals surface area contributed by atoms with E-state index in [-0.39, 0.29) is 23.3 Å². The Morgan fingerprint density at radius 3 is 2.69 bits per heavy atom.